The minimum Gasteiger partial charge on any atom is -0.333 e. The van der Waals surface area contributed by atoms with Crippen molar-refractivity contribution in [2.45, 2.75) is 43.8 Å². The van der Waals surface area contributed by atoms with Crippen LogP contribution in [0.15, 0.2) is 17.5 Å². The number of thiophene rings is 1. The molecule has 0 saturated heterocycles. The first-order chi connectivity index (χ1) is 7.69. The number of nitrogens with two attached hydrogens (primary N) is 1. The fourth-order valence-corrected chi connectivity index (χ4v) is 2.66. The Labute approximate surface area is 99.2 Å². The molecule has 4 heteroatoms. The second-order valence-electron chi connectivity index (χ2n) is 4.90. The van der Waals surface area contributed by atoms with Crippen LogP contribution in [0, 0.1) is 0 Å². The summed E-state index contributed by atoms with van der Waals surface area (Å²) in [5, 5.41) is 2.06. The summed E-state index contributed by atoms with van der Waals surface area (Å²) in [5.41, 5.74) is 5.48. The lowest BCUT2D eigenvalue weighted by atomic mass is 10.2. The second-order valence-corrected chi connectivity index (χ2v) is 5.93. The summed E-state index contributed by atoms with van der Waals surface area (Å²) < 4.78 is 0. The Balaban J connectivity index is 1.74. The minimum atomic E-state index is -0.514. The Kier molecular flexibility index (Phi) is 2.30. The van der Waals surface area contributed by atoms with Crippen LogP contribution in [0.1, 0.15) is 30.6 Å². The van der Waals surface area contributed by atoms with Crippen molar-refractivity contribution in [2.75, 3.05) is 0 Å². The van der Waals surface area contributed by atoms with Gasteiger partial charge in [-0.1, -0.05) is 6.07 Å². The monoisotopic (exact) mass is 236 g/mol. The summed E-state index contributed by atoms with van der Waals surface area (Å²) in [6.07, 6.45) is 4.01. The molecule has 3 rings (SSSR count). The maximum absolute atomic E-state index is 12.2. The van der Waals surface area contributed by atoms with Crippen molar-refractivity contribution in [1.29, 1.82) is 0 Å². The van der Waals surface area contributed by atoms with E-state index < -0.39 is 5.54 Å². The van der Waals surface area contributed by atoms with Crippen LogP contribution < -0.4 is 5.73 Å². The molecule has 0 aromatic carbocycles. The summed E-state index contributed by atoms with van der Waals surface area (Å²) >= 11 is 1.71. The van der Waals surface area contributed by atoms with E-state index in [1.807, 2.05) is 11.0 Å². The summed E-state index contributed by atoms with van der Waals surface area (Å²) in [7, 11) is 0. The molecule has 3 nitrogen and oxygen atoms in total. The lowest BCUT2D eigenvalue weighted by Gasteiger charge is -2.25. The average molecular weight is 236 g/mol. The molecule has 0 unspecified atom stereocenters. The molecule has 1 amide bonds. The lowest BCUT2D eigenvalue weighted by molar-refractivity contribution is -0.134. The van der Waals surface area contributed by atoms with Crippen LogP contribution in [0.4, 0.5) is 0 Å². The molecule has 0 spiro atoms. The van der Waals surface area contributed by atoms with Gasteiger partial charge in [-0.05, 0) is 37.1 Å². The fourth-order valence-electron chi connectivity index (χ4n) is 1.96. The van der Waals surface area contributed by atoms with Gasteiger partial charge in [0.25, 0.3) is 0 Å². The van der Waals surface area contributed by atoms with E-state index in [-0.39, 0.29) is 5.91 Å². The van der Waals surface area contributed by atoms with E-state index in [0.717, 1.165) is 32.2 Å². The van der Waals surface area contributed by atoms with Crippen molar-refractivity contribution in [3.8, 4) is 0 Å². The van der Waals surface area contributed by atoms with Crippen LogP contribution in [0.5, 0.6) is 0 Å². The number of hydrogen-bond donors (Lipinski definition) is 1. The van der Waals surface area contributed by atoms with Crippen LogP contribution in [-0.4, -0.2) is 22.4 Å². The SMILES string of the molecule is NC1(C(=O)N(Cc2cccs2)C2CC2)CC1. The smallest absolute Gasteiger partial charge is 0.243 e. The molecular weight excluding hydrogens is 220 g/mol. The Hall–Kier alpha value is -0.870. The van der Waals surface area contributed by atoms with Crippen LogP contribution in [0.2, 0.25) is 0 Å². The van der Waals surface area contributed by atoms with Gasteiger partial charge in [0.05, 0.1) is 12.1 Å². The zero-order valence-corrected chi connectivity index (χ0v) is 10.0. The molecule has 1 heterocycles. The molecule has 86 valence electrons. The first-order valence-electron chi connectivity index (χ1n) is 5.81. The van der Waals surface area contributed by atoms with Gasteiger partial charge in [-0.25, -0.2) is 0 Å². The molecule has 1 aromatic heterocycles. The number of amides is 1. The van der Waals surface area contributed by atoms with Gasteiger partial charge in [-0.3, -0.25) is 4.79 Å². The second kappa shape index (κ2) is 3.57. The number of hydrogen-bond acceptors (Lipinski definition) is 3. The lowest BCUT2D eigenvalue weighted by Crippen LogP contribution is -2.46. The van der Waals surface area contributed by atoms with Crippen LogP contribution in [0.25, 0.3) is 0 Å². The van der Waals surface area contributed by atoms with E-state index in [9.17, 15) is 4.79 Å². The van der Waals surface area contributed by atoms with Gasteiger partial charge in [0.2, 0.25) is 5.91 Å². The highest BCUT2D eigenvalue weighted by Crippen LogP contribution is 2.38. The standard InChI is InChI=1S/C12H16N2OS/c13-12(5-6-12)11(15)14(9-3-4-9)8-10-2-1-7-16-10/h1-2,7,9H,3-6,8,13H2. The maximum Gasteiger partial charge on any atom is 0.243 e. The molecule has 0 atom stereocenters. The fraction of sp³-hybridized carbons (Fsp3) is 0.583. The first kappa shape index (κ1) is 10.3. The third-order valence-electron chi connectivity index (χ3n) is 3.37. The molecule has 0 aliphatic heterocycles. The van der Waals surface area contributed by atoms with Crippen molar-refractivity contribution < 1.29 is 4.79 Å². The third-order valence-corrected chi connectivity index (χ3v) is 4.23. The van der Waals surface area contributed by atoms with Crippen LogP contribution >= 0.6 is 11.3 Å². The Bertz CT molecular complexity index is 393. The predicted octanol–water partition coefficient (Wildman–Crippen LogP) is 1.73. The van der Waals surface area contributed by atoms with Gasteiger partial charge in [0, 0.05) is 10.9 Å². The summed E-state index contributed by atoms with van der Waals surface area (Å²) in [5.74, 6) is 0.170. The van der Waals surface area contributed by atoms with E-state index in [0.29, 0.717) is 6.04 Å². The van der Waals surface area contributed by atoms with E-state index in [4.69, 9.17) is 5.73 Å². The minimum absolute atomic E-state index is 0.170. The Morgan fingerprint density at radius 1 is 1.56 bits per heavy atom. The van der Waals surface area contributed by atoms with E-state index >= 15 is 0 Å². The Morgan fingerprint density at radius 2 is 2.31 bits per heavy atom. The highest BCUT2D eigenvalue weighted by molar-refractivity contribution is 7.09. The van der Waals surface area contributed by atoms with Crippen molar-refractivity contribution >= 4 is 17.2 Å². The van der Waals surface area contributed by atoms with Crippen molar-refractivity contribution in [3.05, 3.63) is 22.4 Å². The van der Waals surface area contributed by atoms with Gasteiger partial charge >= 0.3 is 0 Å². The van der Waals surface area contributed by atoms with Crippen molar-refractivity contribution in [1.82, 2.24) is 4.90 Å². The normalized spacial score (nSPS) is 21.8. The largest absolute Gasteiger partial charge is 0.333 e. The molecule has 16 heavy (non-hydrogen) atoms. The third kappa shape index (κ3) is 1.87. The predicted molar refractivity (Wildman–Crippen MR) is 64.0 cm³/mol. The number of carbonyl (C=O) groups excluding carboxylic acids is 1. The molecule has 2 aliphatic carbocycles. The number of nitrogens with zero attached hydrogens (tertiary/aromatic N) is 1. The summed E-state index contributed by atoms with van der Waals surface area (Å²) in [6, 6.07) is 4.57. The quantitative estimate of drug-likeness (QED) is 0.865. The first-order valence-corrected chi connectivity index (χ1v) is 6.69. The van der Waals surface area contributed by atoms with Crippen molar-refractivity contribution in [3.63, 3.8) is 0 Å². The highest BCUT2D eigenvalue weighted by atomic mass is 32.1. The Morgan fingerprint density at radius 3 is 2.81 bits per heavy atom. The van der Waals surface area contributed by atoms with Gasteiger partial charge in [0.1, 0.15) is 0 Å². The molecule has 0 bridgehead atoms. The average Bonchev–Trinajstić information content (AvgIpc) is 3.18. The van der Waals surface area contributed by atoms with Crippen molar-refractivity contribution in [2.24, 2.45) is 5.73 Å². The number of carbonyl (C=O) groups is 1. The molecule has 0 radical (unpaired) electrons. The zero-order valence-electron chi connectivity index (χ0n) is 9.19. The molecule has 2 aliphatic rings. The van der Waals surface area contributed by atoms with E-state index in [2.05, 4.69) is 11.4 Å². The molecule has 2 fully saturated rings. The number of rotatable bonds is 4. The van der Waals surface area contributed by atoms with Crippen LogP contribution in [0.3, 0.4) is 0 Å². The summed E-state index contributed by atoms with van der Waals surface area (Å²) in [6.45, 7) is 0.750. The van der Waals surface area contributed by atoms with Gasteiger partial charge in [-0.15, -0.1) is 11.3 Å². The van der Waals surface area contributed by atoms with E-state index in [1.54, 1.807) is 11.3 Å². The van der Waals surface area contributed by atoms with E-state index in [1.165, 1.54) is 4.88 Å². The highest BCUT2D eigenvalue weighted by Gasteiger charge is 2.50. The summed E-state index contributed by atoms with van der Waals surface area (Å²) in [4.78, 5) is 15.5. The zero-order chi connectivity index (χ0) is 11.2. The maximum atomic E-state index is 12.2. The van der Waals surface area contributed by atoms with Gasteiger partial charge < -0.3 is 10.6 Å². The van der Waals surface area contributed by atoms with Crippen LogP contribution in [-0.2, 0) is 11.3 Å². The molecule has 1 aromatic rings. The van der Waals surface area contributed by atoms with Gasteiger partial charge in [-0.2, -0.15) is 0 Å². The molecule has 2 N–H and O–H groups in total. The molecule has 2 saturated carbocycles. The topological polar surface area (TPSA) is 46.3 Å². The van der Waals surface area contributed by atoms with Gasteiger partial charge in [0.15, 0.2) is 0 Å². The molecular formula is C12H16N2OS.